The van der Waals surface area contributed by atoms with Crippen LogP contribution in [0.25, 0.3) is 11.3 Å². The average Bonchev–Trinajstić information content (AvgIpc) is 2.31. The summed E-state index contributed by atoms with van der Waals surface area (Å²) in [6, 6.07) is 8.10. The minimum Gasteiger partial charge on any atom is -0.373 e. The van der Waals surface area contributed by atoms with Gasteiger partial charge in [-0.25, -0.2) is 9.97 Å². The molecule has 1 N–H and O–H groups in total. The molecule has 0 bridgehead atoms. The van der Waals surface area contributed by atoms with E-state index in [9.17, 15) is 0 Å². The van der Waals surface area contributed by atoms with E-state index in [4.69, 9.17) is 0 Å². The van der Waals surface area contributed by atoms with Crippen LogP contribution in [0.3, 0.4) is 0 Å². The molecule has 0 unspecified atom stereocenters. The van der Waals surface area contributed by atoms with E-state index in [1.165, 1.54) is 0 Å². The van der Waals surface area contributed by atoms with Crippen LogP contribution in [0.5, 0.6) is 0 Å². The average molecular weight is 278 g/mol. The molecule has 82 valence electrons. The van der Waals surface area contributed by atoms with Crippen LogP contribution in [0.4, 0.5) is 5.82 Å². The molecule has 0 radical (unpaired) electrons. The van der Waals surface area contributed by atoms with E-state index in [1.54, 1.807) is 6.33 Å². The molecule has 0 atom stereocenters. The van der Waals surface area contributed by atoms with Crippen LogP contribution in [-0.4, -0.2) is 17.0 Å². The van der Waals surface area contributed by atoms with Crippen LogP contribution in [0.1, 0.15) is 5.56 Å². The second kappa shape index (κ2) is 4.61. The van der Waals surface area contributed by atoms with Crippen LogP contribution in [0, 0.1) is 6.92 Å². The Hall–Kier alpha value is -1.42. The van der Waals surface area contributed by atoms with Crippen molar-refractivity contribution in [1.29, 1.82) is 0 Å². The summed E-state index contributed by atoms with van der Waals surface area (Å²) >= 11 is 3.42. The van der Waals surface area contributed by atoms with Crippen molar-refractivity contribution >= 4 is 21.7 Å². The molecule has 0 amide bonds. The number of anilines is 1. The van der Waals surface area contributed by atoms with Crippen LogP contribution in [0.2, 0.25) is 0 Å². The highest BCUT2D eigenvalue weighted by atomic mass is 79.9. The Morgan fingerprint density at radius 1 is 1.12 bits per heavy atom. The molecule has 0 saturated carbocycles. The molecule has 1 heterocycles. The van der Waals surface area contributed by atoms with E-state index >= 15 is 0 Å². The molecule has 0 aliphatic heterocycles. The van der Waals surface area contributed by atoms with Gasteiger partial charge in [0.05, 0.1) is 5.69 Å². The largest absolute Gasteiger partial charge is 0.373 e. The van der Waals surface area contributed by atoms with Gasteiger partial charge in [0, 0.05) is 22.6 Å². The van der Waals surface area contributed by atoms with Gasteiger partial charge < -0.3 is 5.32 Å². The summed E-state index contributed by atoms with van der Waals surface area (Å²) in [5, 5.41) is 3.06. The molecule has 0 saturated heterocycles. The van der Waals surface area contributed by atoms with Crippen LogP contribution in [0.15, 0.2) is 35.1 Å². The third-order valence-corrected chi connectivity index (χ3v) is 2.97. The van der Waals surface area contributed by atoms with E-state index in [-0.39, 0.29) is 0 Å². The van der Waals surface area contributed by atoms with Gasteiger partial charge in [0.15, 0.2) is 0 Å². The molecule has 0 fully saturated rings. The van der Waals surface area contributed by atoms with Crippen LogP contribution < -0.4 is 5.32 Å². The van der Waals surface area contributed by atoms with Crippen molar-refractivity contribution in [3.63, 3.8) is 0 Å². The fourth-order valence-corrected chi connectivity index (χ4v) is 1.87. The Morgan fingerprint density at radius 2 is 1.81 bits per heavy atom. The van der Waals surface area contributed by atoms with Crippen LogP contribution >= 0.6 is 15.9 Å². The highest BCUT2D eigenvalue weighted by Gasteiger charge is 2.07. The number of halogens is 1. The van der Waals surface area contributed by atoms with Crippen molar-refractivity contribution < 1.29 is 0 Å². The van der Waals surface area contributed by atoms with Gasteiger partial charge in [-0.1, -0.05) is 28.1 Å². The third-order valence-electron chi connectivity index (χ3n) is 2.44. The van der Waals surface area contributed by atoms with E-state index in [1.807, 2.05) is 38.2 Å². The topological polar surface area (TPSA) is 37.8 Å². The number of nitrogens with one attached hydrogen (secondary N) is 1. The molecule has 0 aliphatic rings. The molecule has 1 aromatic heterocycles. The first-order valence-corrected chi connectivity index (χ1v) is 5.77. The summed E-state index contributed by atoms with van der Waals surface area (Å²) < 4.78 is 1.07. The predicted octanol–water partition coefficient (Wildman–Crippen LogP) is 3.26. The summed E-state index contributed by atoms with van der Waals surface area (Å²) in [6.07, 6.45) is 1.58. The van der Waals surface area contributed by atoms with E-state index in [0.29, 0.717) is 0 Å². The lowest BCUT2D eigenvalue weighted by molar-refractivity contribution is 1.13. The van der Waals surface area contributed by atoms with Crippen molar-refractivity contribution in [2.75, 3.05) is 12.4 Å². The van der Waals surface area contributed by atoms with Crippen LogP contribution in [-0.2, 0) is 0 Å². The molecule has 3 nitrogen and oxygen atoms in total. The second-order valence-corrected chi connectivity index (χ2v) is 4.37. The maximum absolute atomic E-state index is 4.32. The van der Waals surface area contributed by atoms with E-state index < -0.39 is 0 Å². The molecule has 1 aromatic carbocycles. The SMILES string of the molecule is CNc1ncnc(-c2ccc(Br)cc2)c1C. The maximum atomic E-state index is 4.32. The molecule has 16 heavy (non-hydrogen) atoms. The summed E-state index contributed by atoms with van der Waals surface area (Å²) in [7, 11) is 1.86. The molecule has 0 spiro atoms. The fourth-order valence-electron chi connectivity index (χ4n) is 1.60. The zero-order chi connectivity index (χ0) is 11.5. The molecule has 2 rings (SSSR count). The van der Waals surface area contributed by atoms with E-state index in [0.717, 1.165) is 27.1 Å². The van der Waals surface area contributed by atoms with Gasteiger partial charge in [-0.2, -0.15) is 0 Å². The predicted molar refractivity (Wildman–Crippen MR) is 69.5 cm³/mol. The highest BCUT2D eigenvalue weighted by Crippen LogP contribution is 2.25. The Labute approximate surface area is 103 Å². The molecule has 4 heteroatoms. The lowest BCUT2D eigenvalue weighted by Crippen LogP contribution is -1.99. The second-order valence-electron chi connectivity index (χ2n) is 3.45. The Balaban J connectivity index is 2.51. The fraction of sp³-hybridized carbons (Fsp3) is 0.167. The number of hydrogen-bond donors (Lipinski definition) is 1. The van der Waals surface area contributed by atoms with Gasteiger partial charge >= 0.3 is 0 Å². The normalized spacial score (nSPS) is 10.2. The number of aromatic nitrogens is 2. The Kier molecular flexibility index (Phi) is 3.19. The first-order valence-electron chi connectivity index (χ1n) is 4.97. The minimum atomic E-state index is 0.868. The molecular weight excluding hydrogens is 266 g/mol. The number of hydrogen-bond acceptors (Lipinski definition) is 3. The minimum absolute atomic E-state index is 0.868. The Morgan fingerprint density at radius 3 is 2.44 bits per heavy atom. The first kappa shape index (κ1) is 11.1. The van der Waals surface area contributed by atoms with Gasteiger partial charge in [-0.3, -0.25) is 0 Å². The smallest absolute Gasteiger partial charge is 0.132 e. The van der Waals surface area contributed by atoms with Gasteiger partial charge in [0.1, 0.15) is 12.1 Å². The van der Waals surface area contributed by atoms with Gasteiger partial charge in [0.25, 0.3) is 0 Å². The van der Waals surface area contributed by atoms with Crippen molar-refractivity contribution in [3.05, 3.63) is 40.6 Å². The monoisotopic (exact) mass is 277 g/mol. The number of nitrogens with zero attached hydrogens (tertiary/aromatic N) is 2. The van der Waals surface area contributed by atoms with Gasteiger partial charge in [0.2, 0.25) is 0 Å². The van der Waals surface area contributed by atoms with Crippen molar-refractivity contribution in [1.82, 2.24) is 9.97 Å². The number of benzene rings is 1. The Bertz CT molecular complexity index is 494. The van der Waals surface area contributed by atoms with Crippen molar-refractivity contribution in [2.45, 2.75) is 6.92 Å². The zero-order valence-corrected chi connectivity index (χ0v) is 10.7. The maximum Gasteiger partial charge on any atom is 0.132 e. The molecular formula is C12H12BrN3. The summed E-state index contributed by atoms with van der Waals surface area (Å²) in [5.74, 6) is 0.868. The lowest BCUT2D eigenvalue weighted by atomic mass is 10.1. The highest BCUT2D eigenvalue weighted by molar-refractivity contribution is 9.10. The zero-order valence-electron chi connectivity index (χ0n) is 9.16. The third kappa shape index (κ3) is 2.07. The summed E-state index contributed by atoms with van der Waals surface area (Å²) in [6.45, 7) is 2.02. The van der Waals surface area contributed by atoms with Gasteiger partial charge in [-0.15, -0.1) is 0 Å². The van der Waals surface area contributed by atoms with E-state index in [2.05, 4.69) is 31.2 Å². The standard InChI is InChI=1S/C12H12BrN3/c1-8-11(15-7-16-12(8)14-2)9-3-5-10(13)6-4-9/h3-7H,1-2H3,(H,14,15,16). The van der Waals surface area contributed by atoms with Gasteiger partial charge in [-0.05, 0) is 19.1 Å². The molecule has 2 aromatic rings. The first-order chi connectivity index (χ1) is 7.72. The summed E-state index contributed by atoms with van der Waals surface area (Å²) in [4.78, 5) is 8.49. The molecule has 0 aliphatic carbocycles. The van der Waals surface area contributed by atoms with Crippen molar-refractivity contribution in [2.24, 2.45) is 0 Å². The number of rotatable bonds is 2. The quantitative estimate of drug-likeness (QED) is 0.916. The summed E-state index contributed by atoms with van der Waals surface area (Å²) in [5.41, 5.74) is 3.12. The lowest BCUT2D eigenvalue weighted by Gasteiger charge is -2.08. The van der Waals surface area contributed by atoms with Crippen molar-refractivity contribution in [3.8, 4) is 11.3 Å².